The summed E-state index contributed by atoms with van der Waals surface area (Å²) in [6.07, 6.45) is 13.6. The van der Waals surface area contributed by atoms with Crippen LogP contribution in [0.1, 0.15) is 76.1 Å². The van der Waals surface area contributed by atoms with E-state index < -0.39 is 0 Å². The molecule has 0 saturated carbocycles. The van der Waals surface area contributed by atoms with Crippen LogP contribution >= 0.6 is 0 Å². The number of para-hydroxylation sites is 2. The fraction of sp³-hybridized carbons (Fsp3) is 0.500. The average Bonchev–Trinajstić information content (AvgIpc) is 2.99. The molecule has 158 valence electrons. The summed E-state index contributed by atoms with van der Waals surface area (Å²) < 4.78 is 4.93. The average molecular weight is 458 g/mol. The van der Waals surface area contributed by atoms with Gasteiger partial charge in [0, 0.05) is 6.42 Å². The Balaban J connectivity index is 0.00000300. The van der Waals surface area contributed by atoms with Gasteiger partial charge in [-0.2, -0.15) is 0 Å². The van der Waals surface area contributed by atoms with E-state index in [1.807, 2.05) is 0 Å². The van der Waals surface area contributed by atoms with Gasteiger partial charge in [-0.05, 0) is 24.1 Å². The van der Waals surface area contributed by atoms with Crippen LogP contribution in [-0.4, -0.2) is 4.57 Å². The normalized spacial score (nSPS) is 11.0. The zero-order chi connectivity index (χ0) is 19.6. The molecule has 3 rings (SSSR count). The number of aromatic nitrogens is 2. The van der Waals surface area contributed by atoms with E-state index in [1.165, 1.54) is 80.2 Å². The molecule has 0 aliphatic rings. The van der Waals surface area contributed by atoms with Crippen LogP contribution in [0, 0.1) is 0 Å². The van der Waals surface area contributed by atoms with E-state index >= 15 is 0 Å². The zero-order valence-corrected chi connectivity index (χ0v) is 19.8. The molecule has 0 unspecified atom stereocenters. The number of imidazole rings is 1. The first-order valence-corrected chi connectivity index (χ1v) is 11.3. The molecule has 0 fully saturated rings. The molecule has 0 aliphatic carbocycles. The maximum Gasteiger partial charge on any atom is 0.257 e. The second-order valence-electron chi connectivity index (χ2n) is 8.11. The van der Waals surface area contributed by atoms with Gasteiger partial charge in [0.2, 0.25) is 0 Å². The second-order valence-corrected chi connectivity index (χ2v) is 8.11. The van der Waals surface area contributed by atoms with E-state index in [4.69, 9.17) is 0 Å². The molecule has 1 heterocycles. The Hall–Kier alpha value is -1.61. The van der Waals surface area contributed by atoms with Crippen molar-refractivity contribution in [3.8, 4) is 0 Å². The Morgan fingerprint density at radius 3 is 2.00 bits per heavy atom. The lowest BCUT2D eigenvalue weighted by atomic mass is 10.1. The van der Waals surface area contributed by atoms with Crippen LogP contribution in [0.4, 0.5) is 0 Å². The summed E-state index contributed by atoms with van der Waals surface area (Å²) in [5, 5.41) is 0. The summed E-state index contributed by atoms with van der Waals surface area (Å²) in [6.45, 7) is 3.24. The van der Waals surface area contributed by atoms with Gasteiger partial charge in [0.15, 0.2) is 11.0 Å². The van der Waals surface area contributed by atoms with Crippen molar-refractivity contribution >= 4 is 11.0 Å². The molecule has 0 amide bonds. The van der Waals surface area contributed by atoms with E-state index in [9.17, 15) is 0 Å². The number of hydrogen-bond acceptors (Lipinski definition) is 0. The van der Waals surface area contributed by atoms with Crippen LogP contribution in [0.15, 0.2) is 54.6 Å². The number of nitrogens with zero attached hydrogens (tertiary/aromatic N) is 2. The Kier molecular flexibility index (Phi) is 10.5. The van der Waals surface area contributed by atoms with Crippen molar-refractivity contribution in [3.63, 3.8) is 0 Å². The second kappa shape index (κ2) is 12.8. The molecular formula is C26H37BrN2. The van der Waals surface area contributed by atoms with Crippen molar-refractivity contribution in [2.45, 2.75) is 77.7 Å². The molecule has 0 saturated heterocycles. The van der Waals surface area contributed by atoms with Gasteiger partial charge in [0.1, 0.15) is 6.54 Å². The highest BCUT2D eigenvalue weighted by atomic mass is 79.9. The number of aryl methyl sites for hydroxylation is 1. The molecule has 0 N–H and O–H groups in total. The van der Waals surface area contributed by atoms with Gasteiger partial charge in [-0.3, -0.25) is 0 Å². The summed E-state index contributed by atoms with van der Waals surface area (Å²) in [6, 6.07) is 19.7. The molecule has 2 aromatic carbocycles. The third-order valence-corrected chi connectivity index (χ3v) is 5.92. The first kappa shape index (κ1) is 23.7. The maximum atomic E-state index is 2.52. The number of unbranched alkanes of at least 4 members (excludes halogenated alkanes) is 8. The first-order chi connectivity index (χ1) is 13.8. The van der Waals surface area contributed by atoms with Gasteiger partial charge in [-0.1, -0.05) is 101 Å². The Morgan fingerprint density at radius 2 is 1.31 bits per heavy atom. The number of hydrogen-bond donors (Lipinski definition) is 0. The minimum atomic E-state index is 0. The first-order valence-electron chi connectivity index (χ1n) is 11.3. The molecule has 3 heteroatoms. The lowest BCUT2D eigenvalue weighted by Crippen LogP contribution is -3.00. The zero-order valence-electron chi connectivity index (χ0n) is 18.2. The fourth-order valence-corrected chi connectivity index (χ4v) is 4.27. The van der Waals surface area contributed by atoms with E-state index in [1.54, 1.807) is 0 Å². The Morgan fingerprint density at radius 1 is 0.724 bits per heavy atom. The molecule has 1 aromatic heterocycles. The third kappa shape index (κ3) is 6.70. The van der Waals surface area contributed by atoms with E-state index in [-0.39, 0.29) is 17.0 Å². The molecule has 0 aliphatic heterocycles. The summed E-state index contributed by atoms with van der Waals surface area (Å²) in [5.74, 6) is 1.45. The molecule has 29 heavy (non-hydrogen) atoms. The monoisotopic (exact) mass is 456 g/mol. The lowest BCUT2D eigenvalue weighted by Gasteiger charge is -2.05. The Labute approximate surface area is 187 Å². The summed E-state index contributed by atoms with van der Waals surface area (Å²) in [4.78, 5) is 0. The number of benzene rings is 2. The van der Waals surface area contributed by atoms with E-state index in [0.717, 1.165) is 13.0 Å². The van der Waals surface area contributed by atoms with Crippen LogP contribution in [-0.2, 0) is 20.0 Å². The molecule has 3 aromatic rings. The standard InChI is InChI=1S/C26H37N2.BrH/c1-3-4-5-6-7-8-9-10-14-21-26-27(2)24-19-15-16-20-25(24)28(26)22-23-17-12-11-13-18-23;/h11-13,15-20H,3-10,14,21-22H2,1-2H3;1H/q+1;/p-1. The van der Waals surface area contributed by atoms with Gasteiger partial charge < -0.3 is 17.0 Å². The predicted molar refractivity (Wildman–Crippen MR) is 120 cm³/mol. The Bertz CT molecular complexity index is 839. The van der Waals surface area contributed by atoms with Crippen molar-refractivity contribution in [2.75, 3.05) is 0 Å². The topological polar surface area (TPSA) is 8.81 Å². The fourth-order valence-electron chi connectivity index (χ4n) is 4.27. The van der Waals surface area contributed by atoms with Gasteiger partial charge in [-0.15, -0.1) is 0 Å². The van der Waals surface area contributed by atoms with Crippen molar-refractivity contribution in [3.05, 3.63) is 66.0 Å². The number of halogens is 1. The van der Waals surface area contributed by atoms with E-state index in [2.05, 4.69) is 77.7 Å². The summed E-state index contributed by atoms with van der Waals surface area (Å²) in [5.41, 5.74) is 4.06. The van der Waals surface area contributed by atoms with Crippen molar-refractivity contribution in [1.29, 1.82) is 0 Å². The molecule has 0 radical (unpaired) electrons. The largest absolute Gasteiger partial charge is 1.00 e. The van der Waals surface area contributed by atoms with Gasteiger partial charge in [0.05, 0.1) is 7.05 Å². The highest BCUT2D eigenvalue weighted by molar-refractivity contribution is 5.72. The number of rotatable bonds is 12. The van der Waals surface area contributed by atoms with E-state index in [0.29, 0.717) is 0 Å². The van der Waals surface area contributed by atoms with Crippen LogP contribution in [0.2, 0.25) is 0 Å². The maximum absolute atomic E-state index is 2.52. The van der Waals surface area contributed by atoms with Gasteiger partial charge in [-0.25, -0.2) is 9.13 Å². The molecule has 2 nitrogen and oxygen atoms in total. The molecule has 0 bridgehead atoms. The molecule has 0 atom stereocenters. The van der Waals surface area contributed by atoms with Crippen molar-refractivity contribution in [2.24, 2.45) is 7.05 Å². The minimum absolute atomic E-state index is 0. The summed E-state index contributed by atoms with van der Waals surface area (Å²) in [7, 11) is 2.23. The smallest absolute Gasteiger partial charge is 0.257 e. The lowest BCUT2D eigenvalue weighted by molar-refractivity contribution is -0.654. The predicted octanol–water partition coefficient (Wildman–Crippen LogP) is 3.59. The third-order valence-electron chi connectivity index (χ3n) is 5.92. The van der Waals surface area contributed by atoms with Crippen molar-refractivity contribution < 1.29 is 21.5 Å². The van der Waals surface area contributed by atoms with Crippen molar-refractivity contribution in [1.82, 2.24) is 4.57 Å². The number of fused-ring (bicyclic) bond motifs is 1. The van der Waals surface area contributed by atoms with Crippen LogP contribution < -0.4 is 21.5 Å². The summed E-state index contributed by atoms with van der Waals surface area (Å²) >= 11 is 0. The minimum Gasteiger partial charge on any atom is -1.00 e. The van der Waals surface area contributed by atoms with Crippen LogP contribution in [0.3, 0.4) is 0 Å². The highest BCUT2D eigenvalue weighted by Crippen LogP contribution is 2.18. The molecule has 0 spiro atoms. The van der Waals surface area contributed by atoms with Gasteiger partial charge >= 0.3 is 0 Å². The van der Waals surface area contributed by atoms with Gasteiger partial charge in [0.25, 0.3) is 5.82 Å². The highest BCUT2D eigenvalue weighted by Gasteiger charge is 2.21. The SMILES string of the molecule is CCCCCCCCCCCc1n(Cc2ccccc2)c2ccccc2[n+]1C.[Br-]. The quantitative estimate of drug-likeness (QED) is 0.290. The van der Waals surface area contributed by atoms with Crippen LogP contribution in [0.25, 0.3) is 11.0 Å². The molecular weight excluding hydrogens is 420 g/mol. The van der Waals surface area contributed by atoms with Crippen LogP contribution in [0.5, 0.6) is 0 Å².